The minimum Gasteiger partial charge on any atom is -0.545 e. The molecule has 0 saturated heterocycles. The standard InChI is InChI=1S/2C12H8N2O4.Os/c2*15-11(16)7-1-3-13-9(5-7)10-6-8(12(17)18)2-4-14-10;/h2*1-6H,(H,15,16)(H,17,18);/q;;+4/p-4. The van der Waals surface area contributed by atoms with Gasteiger partial charge in [0.15, 0.2) is 0 Å². The molecular weight excluding hydrogens is 663 g/mol. The molecule has 0 saturated carbocycles. The maximum Gasteiger partial charge on any atom is 4.00 e. The van der Waals surface area contributed by atoms with E-state index in [1.54, 1.807) is 0 Å². The van der Waals surface area contributed by atoms with Crippen molar-refractivity contribution in [3.05, 3.63) is 95.6 Å². The fourth-order valence-corrected chi connectivity index (χ4v) is 2.79. The molecule has 0 spiro atoms. The first-order chi connectivity index (χ1) is 17.2. The Kier molecular flexibility index (Phi) is 9.74. The number of hydrogen-bond donors (Lipinski definition) is 0. The van der Waals surface area contributed by atoms with Crippen molar-refractivity contribution < 1.29 is 59.4 Å². The van der Waals surface area contributed by atoms with E-state index in [1.165, 1.54) is 73.3 Å². The van der Waals surface area contributed by atoms with Crippen LogP contribution in [-0.2, 0) is 19.8 Å². The van der Waals surface area contributed by atoms with E-state index >= 15 is 0 Å². The van der Waals surface area contributed by atoms with Crippen molar-refractivity contribution in [2.75, 3.05) is 0 Å². The van der Waals surface area contributed by atoms with Gasteiger partial charge in [-0.2, -0.15) is 0 Å². The first-order valence-electron chi connectivity index (χ1n) is 9.86. The summed E-state index contributed by atoms with van der Waals surface area (Å²) in [7, 11) is 0. The van der Waals surface area contributed by atoms with Crippen LogP contribution in [0.2, 0.25) is 0 Å². The molecule has 37 heavy (non-hydrogen) atoms. The summed E-state index contributed by atoms with van der Waals surface area (Å²) in [6, 6.07) is 10.2. The van der Waals surface area contributed by atoms with Gasteiger partial charge in [0.05, 0.1) is 46.7 Å². The molecule has 4 aromatic heterocycles. The van der Waals surface area contributed by atoms with Crippen LogP contribution in [-0.4, -0.2) is 43.8 Å². The van der Waals surface area contributed by atoms with Gasteiger partial charge in [-0.05, 0) is 48.5 Å². The van der Waals surface area contributed by atoms with Crippen molar-refractivity contribution in [2.24, 2.45) is 0 Å². The third-order valence-electron chi connectivity index (χ3n) is 4.51. The number of carbonyl (C=O) groups excluding carboxylic acids is 4. The molecule has 0 aliphatic heterocycles. The smallest absolute Gasteiger partial charge is 0.545 e. The van der Waals surface area contributed by atoms with Gasteiger partial charge in [-0.3, -0.25) is 19.9 Å². The van der Waals surface area contributed by atoms with Crippen LogP contribution in [0.5, 0.6) is 0 Å². The maximum absolute atomic E-state index is 10.7. The number of aromatic nitrogens is 4. The zero-order chi connectivity index (χ0) is 26.2. The molecule has 0 fully saturated rings. The largest absolute Gasteiger partial charge is 4.00 e. The summed E-state index contributed by atoms with van der Waals surface area (Å²) in [5, 5.41) is 42.8. The molecule has 4 heterocycles. The average Bonchev–Trinajstić information content (AvgIpc) is 2.89. The second-order valence-electron chi connectivity index (χ2n) is 6.87. The Morgan fingerprint density at radius 3 is 0.784 bits per heavy atom. The quantitative estimate of drug-likeness (QED) is 0.212. The molecule has 4 aromatic rings. The number of carbonyl (C=O) groups is 4. The number of carboxylic acid groups (broad SMARTS) is 4. The Bertz CT molecular complexity index is 1260. The minimum atomic E-state index is -1.34. The summed E-state index contributed by atoms with van der Waals surface area (Å²) in [6.45, 7) is 0. The van der Waals surface area contributed by atoms with E-state index < -0.39 is 23.9 Å². The molecule has 13 heteroatoms. The van der Waals surface area contributed by atoms with E-state index in [0.29, 0.717) is 0 Å². The van der Waals surface area contributed by atoms with Gasteiger partial charge >= 0.3 is 19.8 Å². The summed E-state index contributed by atoms with van der Waals surface area (Å²) < 4.78 is 0. The van der Waals surface area contributed by atoms with Gasteiger partial charge in [0.25, 0.3) is 0 Å². The van der Waals surface area contributed by atoms with Crippen molar-refractivity contribution >= 4 is 23.9 Å². The van der Waals surface area contributed by atoms with Crippen LogP contribution in [0.1, 0.15) is 41.4 Å². The van der Waals surface area contributed by atoms with Crippen LogP contribution in [0, 0.1) is 0 Å². The average molecular weight is 675 g/mol. The van der Waals surface area contributed by atoms with Crippen molar-refractivity contribution in [3.63, 3.8) is 0 Å². The zero-order valence-corrected chi connectivity index (χ0v) is 20.9. The van der Waals surface area contributed by atoms with Crippen LogP contribution in [0.4, 0.5) is 0 Å². The SMILES string of the molecule is O=C([O-])c1ccnc(-c2cc(C(=O)[O-])ccn2)c1.O=C([O-])c1ccnc(-c2cc(C(=O)[O-])ccn2)c1.[Os+4]. The third-order valence-corrected chi connectivity index (χ3v) is 4.51. The Hall–Kier alpha value is -4.88. The molecule has 0 unspecified atom stereocenters. The van der Waals surface area contributed by atoms with Gasteiger partial charge in [-0.25, -0.2) is 0 Å². The van der Waals surface area contributed by atoms with E-state index in [-0.39, 0.29) is 64.8 Å². The van der Waals surface area contributed by atoms with Crippen LogP contribution >= 0.6 is 0 Å². The summed E-state index contributed by atoms with van der Waals surface area (Å²) in [5.74, 6) is -5.35. The Labute approximate surface area is 221 Å². The van der Waals surface area contributed by atoms with Crippen molar-refractivity contribution in [1.29, 1.82) is 0 Å². The van der Waals surface area contributed by atoms with Crippen molar-refractivity contribution in [3.8, 4) is 22.8 Å². The normalized spacial score (nSPS) is 9.73. The van der Waals surface area contributed by atoms with Gasteiger partial charge in [-0.1, -0.05) is 0 Å². The number of rotatable bonds is 6. The molecule has 0 aromatic carbocycles. The summed E-state index contributed by atoms with van der Waals surface area (Å²) in [6.07, 6.45) is 5.14. The molecule has 0 N–H and O–H groups in total. The fraction of sp³-hybridized carbons (Fsp3) is 0. The van der Waals surface area contributed by atoms with E-state index in [2.05, 4.69) is 19.9 Å². The summed E-state index contributed by atoms with van der Waals surface area (Å²) in [5.41, 5.74) is 0.779. The third kappa shape index (κ3) is 7.55. The van der Waals surface area contributed by atoms with Crippen LogP contribution in [0.3, 0.4) is 0 Å². The van der Waals surface area contributed by atoms with Gasteiger partial charge in [0, 0.05) is 47.0 Å². The predicted molar refractivity (Wildman–Crippen MR) is 112 cm³/mol. The van der Waals surface area contributed by atoms with E-state index in [4.69, 9.17) is 0 Å². The monoisotopic (exact) mass is 676 g/mol. The Morgan fingerprint density at radius 1 is 0.432 bits per heavy atom. The van der Waals surface area contributed by atoms with E-state index in [0.717, 1.165) is 0 Å². The number of aromatic carboxylic acids is 4. The van der Waals surface area contributed by atoms with Crippen LogP contribution < -0.4 is 20.4 Å². The van der Waals surface area contributed by atoms with Gasteiger partial charge < -0.3 is 39.6 Å². The van der Waals surface area contributed by atoms with Crippen molar-refractivity contribution in [1.82, 2.24) is 19.9 Å². The first kappa shape index (κ1) is 28.4. The Morgan fingerprint density at radius 2 is 0.622 bits per heavy atom. The van der Waals surface area contributed by atoms with Gasteiger partial charge in [0.1, 0.15) is 0 Å². The molecule has 184 valence electrons. The molecule has 4 rings (SSSR count). The number of carboxylic acids is 4. The predicted octanol–water partition coefficient (Wildman–Crippen LogP) is -2.26. The maximum atomic E-state index is 10.7. The summed E-state index contributed by atoms with van der Waals surface area (Å²) >= 11 is 0. The molecule has 0 aliphatic rings. The van der Waals surface area contributed by atoms with Crippen LogP contribution in [0.25, 0.3) is 22.8 Å². The molecule has 0 atom stereocenters. The number of nitrogens with zero attached hydrogens (tertiary/aromatic N) is 4. The van der Waals surface area contributed by atoms with E-state index in [1.807, 2.05) is 0 Å². The van der Waals surface area contributed by atoms with E-state index in [9.17, 15) is 39.6 Å². The second kappa shape index (κ2) is 12.7. The Balaban J connectivity index is 0.000000253. The molecule has 0 bridgehead atoms. The number of pyridine rings is 4. The van der Waals surface area contributed by atoms with Gasteiger partial charge in [0.2, 0.25) is 0 Å². The van der Waals surface area contributed by atoms with Gasteiger partial charge in [-0.15, -0.1) is 0 Å². The molecule has 0 aliphatic carbocycles. The zero-order valence-electron chi connectivity index (χ0n) is 18.3. The number of hydrogen-bond acceptors (Lipinski definition) is 12. The second-order valence-corrected chi connectivity index (χ2v) is 6.87. The fourth-order valence-electron chi connectivity index (χ4n) is 2.79. The van der Waals surface area contributed by atoms with Crippen LogP contribution in [0.15, 0.2) is 73.3 Å². The summed E-state index contributed by atoms with van der Waals surface area (Å²) in [4.78, 5) is 58.5. The molecule has 0 radical (unpaired) electrons. The topological polar surface area (TPSA) is 212 Å². The first-order valence-corrected chi connectivity index (χ1v) is 9.86. The molecule has 0 amide bonds. The van der Waals surface area contributed by atoms with Crippen molar-refractivity contribution in [2.45, 2.75) is 0 Å². The molecule has 12 nitrogen and oxygen atoms in total. The minimum absolute atomic E-state index is 0. The molecular formula is C24H12N4O8Os.